The summed E-state index contributed by atoms with van der Waals surface area (Å²) in [4.78, 5) is 22.1. The van der Waals surface area contributed by atoms with E-state index in [2.05, 4.69) is 28.9 Å². The Morgan fingerprint density at radius 1 is 1.31 bits per heavy atom. The number of carbonyl (C=O) groups is 1. The number of aryl methyl sites for hydroxylation is 1. The summed E-state index contributed by atoms with van der Waals surface area (Å²) in [5.74, 6) is 1.37. The molecule has 29 heavy (non-hydrogen) atoms. The molecule has 0 N–H and O–H groups in total. The van der Waals surface area contributed by atoms with Crippen molar-refractivity contribution in [2.24, 2.45) is 5.92 Å². The van der Waals surface area contributed by atoms with Crippen LogP contribution in [0.2, 0.25) is 0 Å². The third-order valence-corrected chi connectivity index (χ3v) is 8.51. The third kappa shape index (κ3) is 3.44. The molecule has 3 aromatic heterocycles. The van der Waals surface area contributed by atoms with E-state index in [1.54, 1.807) is 0 Å². The molecule has 3 aromatic rings. The number of likely N-dealkylation sites (tertiary alicyclic amines) is 1. The zero-order chi connectivity index (χ0) is 20.0. The van der Waals surface area contributed by atoms with Crippen molar-refractivity contribution >= 4 is 44.9 Å². The highest BCUT2D eigenvalue weighted by atomic mass is 32.2. The minimum absolute atomic E-state index is 0.217. The van der Waals surface area contributed by atoms with Gasteiger partial charge in [-0.3, -0.25) is 9.20 Å². The van der Waals surface area contributed by atoms with E-state index >= 15 is 0 Å². The van der Waals surface area contributed by atoms with Crippen LogP contribution in [0.25, 0.3) is 15.9 Å². The first kappa shape index (κ1) is 19.3. The van der Waals surface area contributed by atoms with Crippen LogP contribution in [-0.4, -0.2) is 48.7 Å². The smallest absolute Gasteiger partial charge is 0.233 e. The van der Waals surface area contributed by atoms with Gasteiger partial charge in [0.1, 0.15) is 11.2 Å². The first-order valence-electron chi connectivity index (χ1n) is 10.7. The zero-order valence-corrected chi connectivity index (χ0v) is 18.7. The first-order valence-corrected chi connectivity index (χ1v) is 12.5. The average molecular weight is 430 g/mol. The highest BCUT2D eigenvalue weighted by Crippen LogP contribution is 2.39. The van der Waals surface area contributed by atoms with Gasteiger partial charge in [-0.25, -0.2) is 4.98 Å². The maximum Gasteiger partial charge on any atom is 0.233 e. The van der Waals surface area contributed by atoms with E-state index in [1.807, 2.05) is 22.1 Å². The van der Waals surface area contributed by atoms with Gasteiger partial charge in [-0.05, 0) is 56.4 Å². The molecule has 1 aliphatic carbocycles. The maximum absolute atomic E-state index is 12.8. The largest absolute Gasteiger partial charge is 0.339 e. The molecule has 8 heteroatoms. The molecule has 2 atom stereocenters. The number of hydrogen-bond acceptors (Lipinski definition) is 6. The van der Waals surface area contributed by atoms with Crippen LogP contribution in [0.5, 0.6) is 0 Å². The molecule has 5 rings (SSSR count). The van der Waals surface area contributed by atoms with E-state index in [4.69, 9.17) is 4.98 Å². The van der Waals surface area contributed by atoms with E-state index in [-0.39, 0.29) is 5.91 Å². The van der Waals surface area contributed by atoms with Gasteiger partial charge in [-0.1, -0.05) is 25.6 Å². The molecule has 1 amide bonds. The lowest BCUT2D eigenvalue weighted by Gasteiger charge is -2.35. The number of carbonyl (C=O) groups excluding carboxylic acids is 1. The molecule has 1 fully saturated rings. The standard InChI is InChI=1S/C21H27N5OS2/c1-3-14-6-4-5-9-25(14)17(27)11-28-21-24-23-19-18-15-8-7-13(2)10-16(15)29-20(18)22-12-26(19)21/h12-14H,3-11H2,1-2H3/t13-,14-/m0/s1. The van der Waals surface area contributed by atoms with Gasteiger partial charge in [-0.15, -0.1) is 21.5 Å². The Bertz CT molecular complexity index is 1060. The summed E-state index contributed by atoms with van der Waals surface area (Å²) in [6, 6.07) is 0.396. The number of thioether (sulfide) groups is 1. The average Bonchev–Trinajstić information content (AvgIpc) is 3.31. The van der Waals surface area contributed by atoms with Crippen molar-refractivity contribution in [3.63, 3.8) is 0 Å². The molecule has 0 bridgehead atoms. The van der Waals surface area contributed by atoms with Gasteiger partial charge in [0.25, 0.3) is 0 Å². The molecule has 0 spiro atoms. The fourth-order valence-electron chi connectivity index (χ4n) is 4.78. The van der Waals surface area contributed by atoms with Crippen molar-refractivity contribution in [2.45, 2.75) is 70.0 Å². The van der Waals surface area contributed by atoms with Gasteiger partial charge >= 0.3 is 0 Å². The summed E-state index contributed by atoms with van der Waals surface area (Å²) in [6.07, 6.45) is 9.79. The van der Waals surface area contributed by atoms with Crippen LogP contribution in [0.15, 0.2) is 11.5 Å². The van der Waals surface area contributed by atoms with Crippen LogP contribution in [0.3, 0.4) is 0 Å². The second-order valence-corrected chi connectivity index (χ2v) is 10.4. The predicted molar refractivity (Wildman–Crippen MR) is 118 cm³/mol. The number of piperidine rings is 1. The van der Waals surface area contributed by atoms with E-state index in [0.717, 1.165) is 60.2 Å². The predicted octanol–water partition coefficient (Wildman–Crippen LogP) is 4.35. The Labute approximate surface area is 179 Å². The second kappa shape index (κ2) is 7.87. The zero-order valence-electron chi connectivity index (χ0n) is 17.1. The van der Waals surface area contributed by atoms with Crippen LogP contribution in [0, 0.1) is 5.92 Å². The van der Waals surface area contributed by atoms with E-state index in [1.165, 1.54) is 40.4 Å². The van der Waals surface area contributed by atoms with Crippen LogP contribution < -0.4 is 0 Å². The van der Waals surface area contributed by atoms with Crippen molar-refractivity contribution in [3.05, 3.63) is 16.8 Å². The van der Waals surface area contributed by atoms with E-state index in [9.17, 15) is 4.79 Å². The van der Waals surface area contributed by atoms with Crippen molar-refractivity contribution in [2.75, 3.05) is 12.3 Å². The number of thiophene rings is 1. The van der Waals surface area contributed by atoms with Crippen LogP contribution >= 0.6 is 23.1 Å². The lowest BCUT2D eigenvalue weighted by molar-refractivity contribution is -0.132. The van der Waals surface area contributed by atoms with Gasteiger partial charge < -0.3 is 4.90 Å². The summed E-state index contributed by atoms with van der Waals surface area (Å²) >= 11 is 3.29. The molecular weight excluding hydrogens is 402 g/mol. The molecule has 0 aromatic carbocycles. The number of hydrogen-bond donors (Lipinski definition) is 0. The van der Waals surface area contributed by atoms with Gasteiger partial charge in [-0.2, -0.15) is 0 Å². The Kier molecular flexibility index (Phi) is 5.24. The van der Waals surface area contributed by atoms with Crippen LogP contribution in [0.4, 0.5) is 0 Å². The number of rotatable bonds is 4. The monoisotopic (exact) mass is 429 g/mol. The quantitative estimate of drug-likeness (QED) is 0.577. The molecule has 4 heterocycles. The lowest BCUT2D eigenvalue weighted by Crippen LogP contribution is -2.44. The lowest BCUT2D eigenvalue weighted by atomic mass is 9.89. The summed E-state index contributed by atoms with van der Waals surface area (Å²) in [5, 5.41) is 10.9. The van der Waals surface area contributed by atoms with Gasteiger partial charge in [0.15, 0.2) is 10.8 Å². The van der Waals surface area contributed by atoms with E-state index in [0.29, 0.717) is 11.8 Å². The molecule has 1 aliphatic heterocycles. The fourth-order valence-corrected chi connectivity index (χ4v) is 6.92. The van der Waals surface area contributed by atoms with Gasteiger partial charge in [0.2, 0.25) is 5.91 Å². The molecule has 0 unspecified atom stereocenters. The van der Waals surface area contributed by atoms with Crippen LogP contribution in [0.1, 0.15) is 56.4 Å². The summed E-state index contributed by atoms with van der Waals surface area (Å²) in [6.45, 7) is 5.39. The number of amides is 1. The summed E-state index contributed by atoms with van der Waals surface area (Å²) < 4.78 is 1.97. The van der Waals surface area contributed by atoms with Crippen LogP contribution in [-0.2, 0) is 17.6 Å². The maximum atomic E-state index is 12.8. The second-order valence-electron chi connectivity index (χ2n) is 8.39. The van der Waals surface area contributed by atoms with Crippen molar-refractivity contribution in [1.82, 2.24) is 24.5 Å². The van der Waals surface area contributed by atoms with Gasteiger partial charge in [0, 0.05) is 17.5 Å². The Hall–Kier alpha value is -1.67. The molecule has 0 radical (unpaired) electrons. The Morgan fingerprint density at radius 2 is 2.21 bits per heavy atom. The normalized spacial score (nSPS) is 22.3. The van der Waals surface area contributed by atoms with E-state index < -0.39 is 0 Å². The SMILES string of the molecule is CC[C@H]1CCCCN1C(=O)CSc1nnc2c3c4c(sc3ncn12)C[C@@H](C)CC4. The van der Waals surface area contributed by atoms with Crippen molar-refractivity contribution in [3.8, 4) is 0 Å². The highest BCUT2D eigenvalue weighted by Gasteiger charge is 2.27. The number of fused-ring (bicyclic) bond motifs is 5. The molecule has 154 valence electrons. The van der Waals surface area contributed by atoms with Crippen molar-refractivity contribution < 1.29 is 4.79 Å². The molecule has 2 aliphatic rings. The molecule has 6 nitrogen and oxygen atoms in total. The summed E-state index contributed by atoms with van der Waals surface area (Å²) in [7, 11) is 0. The number of aromatic nitrogens is 4. The molecule has 0 saturated carbocycles. The Morgan fingerprint density at radius 3 is 3.07 bits per heavy atom. The van der Waals surface area contributed by atoms with Crippen molar-refractivity contribution in [1.29, 1.82) is 0 Å². The first-order chi connectivity index (χ1) is 14.2. The fraction of sp³-hybridized carbons (Fsp3) is 0.619. The third-order valence-electron chi connectivity index (χ3n) is 6.42. The molecular formula is C21H27N5OS2. The molecule has 1 saturated heterocycles. The summed E-state index contributed by atoms with van der Waals surface area (Å²) in [5.41, 5.74) is 2.31. The number of nitrogens with zero attached hydrogens (tertiary/aromatic N) is 5. The topological polar surface area (TPSA) is 63.4 Å². The minimum Gasteiger partial charge on any atom is -0.339 e. The Balaban J connectivity index is 1.40. The minimum atomic E-state index is 0.217. The highest BCUT2D eigenvalue weighted by molar-refractivity contribution is 7.99. The van der Waals surface area contributed by atoms with Gasteiger partial charge in [0.05, 0.1) is 11.1 Å².